The van der Waals surface area contributed by atoms with Crippen LogP contribution in [0.25, 0.3) is 0 Å². The van der Waals surface area contributed by atoms with Gasteiger partial charge in [0, 0.05) is 11.9 Å². The van der Waals surface area contributed by atoms with Crippen LogP contribution < -0.4 is 5.32 Å². The molecule has 1 aliphatic rings. The monoisotopic (exact) mass is 241 g/mol. The Kier molecular flexibility index (Phi) is 2.90. The van der Waals surface area contributed by atoms with Crippen LogP contribution in [0.2, 0.25) is 0 Å². The van der Waals surface area contributed by atoms with Crippen molar-refractivity contribution in [1.29, 1.82) is 0 Å². The fourth-order valence-corrected chi connectivity index (χ4v) is 2.17. The Balaban J connectivity index is 2.28. The average Bonchev–Trinajstić information content (AvgIpc) is 2.11. The quantitative estimate of drug-likeness (QED) is 0.864. The number of nitrogens with one attached hydrogen (secondary N) is 1. The zero-order valence-corrected chi connectivity index (χ0v) is 10.2. The summed E-state index contributed by atoms with van der Waals surface area (Å²) in [7, 11) is -3.14. The molecule has 0 amide bonds. The highest BCUT2D eigenvalue weighted by molar-refractivity contribution is 7.90. The van der Waals surface area contributed by atoms with E-state index in [2.05, 4.69) is 5.32 Å². The van der Waals surface area contributed by atoms with E-state index in [1.165, 1.54) is 6.26 Å². The van der Waals surface area contributed by atoms with E-state index < -0.39 is 9.84 Å². The molecule has 0 bridgehead atoms. The van der Waals surface area contributed by atoms with E-state index in [1.54, 1.807) is 12.1 Å². The largest absolute Gasteiger partial charge is 0.377 e. The Morgan fingerprint density at radius 2 is 2.06 bits per heavy atom. The van der Waals surface area contributed by atoms with Crippen molar-refractivity contribution in [3.8, 4) is 0 Å². The van der Waals surface area contributed by atoms with Crippen LogP contribution in [0.3, 0.4) is 0 Å². The molecule has 1 aliphatic heterocycles. The topological polar surface area (TPSA) is 55.4 Å². The molecule has 0 radical (unpaired) electrons. The summed E-state index contributed by atoms with van der Waals surface area (Å²) in [6.07, 6.45) is 1.22. The molecule has 0 spiro atoms. The van der Waals surface area contributed by atoms with Gasteiger partial charge < -0.3 is 10.1 Å². The van der Waals surface area contributed by atoms with Crippen LogP contribution in [0.1, 0.15) is 5.56 Å². The number of sulfone groups is 1. The molecular formula is C11H15NO3S. The first-order valence-electron chi connectivity index (χ1n) is 5.12. The Bertz CT molecular complexity index is 492. The van der Waals surface area contributed by atoms with Gasteiger partial charge in [-0.3, -0.25) is 0 Å². The molecule has 1 fully saturated rings. The Morgan fingerprint density at radius 1 is 1.38 bits per heavy atom. The van der Waals surface area contributed by atoms with Crippen molar-refractivity contribution >= 4 is 15.5 Å². The zero-order valence-electron chi connectivity index (χ0n) is 9.36. The lowest BCUT2D eigenvalue weighted by Crippen LogP contribution is -2.40. The van der Waals surface area contributed by atoms with Crippen LogP contribution in [-0.2, 0) is 14.6 Å². The highest BCUT2D eigenvalue weighted by Crippen LogP contribution is 2.22. The van der Waals surface area contributed by atoms with E-state index in [4.69, 9.17) is 4.74 Å². The van der Waals surface area contributed by atoms with E-state index in [0.717, 1.165) is 11.3 Å². The molecule has 1 aromatic carbocycles. The molecular weight excluding hydrogens is 226 g/mol. The lowest BCUT2D eigenvalue weighted by Gasteiger charge is -2.28. The van der Waals surface area contributed by atoms with Crippen LogP contribution >= 0.6 is 0 Å². The molecule has 1 aromatic rings. The number of hydrogen-bond acceptors (Lipinski definition) is 4. The second-order valence-electron chi connectivity index (χ2n) is 4.13. The molecule has 0 aliphatic carbocycles. The number of anilines is 1. The van der Waals surface area contributed by atoms with Crippen LogP contribution in [0.5, 0.6) is 0 Å². The van der Waals surface area contributed by atoms with Gasteiger partial charge in [-0.1, -0.05) is 6.07 Å². The van der Waals surface area contributed by atoms with Gasteiger partial charge in [0.1, 0.15) is 0 Å². The van der Waals surface area contributed by atoms with E-state index in [0.29, 0.717) is 24.2 Å². The third-order valence-corrected chi connectivity index (χ3v) is 3.75. The van der Waals surface area contributed by atoms with E-state index in [1.807, 2.05) is 13.0 Å². The van der Waals surface area contributed by atoms with E-state index >= 15 is 0 Å². The van der Waals surface area contributed by atoms with Crippen molar-refractivity contribution < 1.29 is 13.2 Å². The van der Waals surface area contributed by atoms with Gasteiger partial charge in [-0.15, -0.1) is 0 Å². The third-order valence-electron chi connectivity index (χ3n) is 2.63. The standard InChI is InChI=1S/C11H15NO3S/c1-8-3-4-10(16(2,13)14)5-11(8)12-9-6-15-7-9/h3-5,9,12H,6-7H2,1-2H3. The second kappa shape index (κ2) is 4.07. The molecule has 4 nitrogen and oxygen atoms in total. The predicted molar refractivity (Wildman–Crippen MR) is 62.5 cm³/mol. The Morgan fingerprint density at radius 3 is 2.56 bits per heavy atom. The Labute approximate surface area is 95.5 Å². The lowest BCUT2D eigenvalue weighted by molar-refractivity contribution is 0.0211. The van der Waals surface area contributed by atoms with Gasteiger partial charge in [-0.25, -0.2) is 8.42 Å². The molecule has 88 valence electrons. The van der Waals surface area contributed by atoms with E-state index in [-0.39, 0.29) is 0 Å². The number of aryl methyl sites for hydroxylation is 1. The zero-order chi connectivity index (χ0) is 11.8. The molecule has 0 aromatic heterocycles. The molecule has 16 heavy (non-hydrogen) atoms. The minimum absolute atomic E-state index is 0.300. The average molecular weight is 241 g/mol. The molecule has 5 heteroatoms. The number of benzene rings is 1. The number of rotatable bonds is 3. The van der Waals surface area contributed by atoms with E-state index in [9.17, 15) is 8.42 Å². The first-order chi connectivity index (χ1) is 7.47. The van der Waals surface area contributed by atoms with Gasteiger partial charge >= 0.3 is 0 Å². The summed E-state index contributed by atoms with van der Waals surface area (Å²) in [5.41, 5.74) is 1.91. The van der Waals surface area contributed by atoms with Crippen molar-refractivity contribution in [2.24, 2.45) is 0 Å². The Hall–Kier alpha value is -1.07. The SMILES string of the molecule is Cc1ccc(S(C)(=O)=O)cc1NC1COC1. The van der Waals surface area contributed by atoms with Gasteiger partial charge in [0.05, 0.1) is 24.2 Å². The summed E-state index contributed by atoms with van der Waals surface area (Å²) in [6.45, 7) is 3.32. The van der Waals surface area contributed by atoms with Crippen LogP contribution in [-0.4, -0.2) is 33.9 Å². The summed E-state index contributed by atoms with van der Waals surface area (Å²) in [4.78, 5) is 0.348. The van der Waals surface area contributed by atoms with Gasteiger partial charge in [0.2, 0.25) is 0 Å². The second-order valence-corrected chi connectivity index (χ2v) is 6.14. The van der Waals surface area contributed by atoms with Crippen molar-refractivity contribution in [1.82, 2.24) is 0 Å². The maximum Gasteiger partial charge on any atom is 0.175 e. The van der Waals surface area contributed by atoms with Gasteiger partial charge in [-0.05, 0) is 24.6 Å². The van der Waals surface area contributed by atoms with Crippen LogP contribution in [0.4, 0.5) is 5.69 Å². The highest BCUT2D eigenvalue weighted by Gasteiger charge is 2.19. The van der Waals surface area contributed by atoms with Crippen molar-refractivity contribution in [3.63, 3.8) is 0 Å². The first-order valence-corrected chi connectivity index (χ1v) is 7.01. The molecule has 0 atom stereocenters. The maximum absolute atomic E-state index is 11.4. The molecule has 1 saturated heterocycles. The lowest BCUT2D eigenvalue weighted by atomic mass is 10.1. The van der Waals surface area contributed by atoms with Crippen molar-refractivity contribution in [2.75, 3.05) is 24.8 Å². The van der Waals surface area contributed by atoms with Gasteiger partial charge in [0.15, 0.2) is 9.84 Å². The number of ether oxygens (including phenoxy) is 1. The summed E-state index contributed by atoms with van der Waals surface area (Å²) in [5, 5.41) is 3.27. The van der Waals surface area contributed by atoms with Gasteiger partial charge in [0.25, 0.3) is 0 Å². The van der Waals surface area contributed by atoms with Crippen LogP contribution in [0.15, 0.2) is 23.1 Å². The number of hydrogen-bond donors (Lipinski definition) is 1. The normalized spacial score (nSPS) is 16.9. The summed E-state index contributed by atoms with van der Waals surface area (Å²) in [6, 6.07) is 5.43. The van der Waals surface area contributed by atoms with Gasteiger partial charge in [-0.2, -0.15) is 0 Å². The van der Waals surface area contributed by atoms with Crippen molar-refractivity contribution in [3.05, 3.63) is 23.8 Å². The summed E-state index contributed by atoms with van der Waals surface area (Å²) < 4.78 is 27.9. The third kappa shape index (κ3) is 2.36. The highest BCUT2D eigenvalue weighted by atomic mass is 32.2. The molecule has 0 unspecified atom stereocenters. The predicted octanol–water partition coefficient (Wildman–Crippen LogP) is 1.21. The molecule has 0 saturated carbocycles. The minimum atomic E-state index is -3.14. The first kappa shape index (κ1) is 11.4. The fourth-order valence-electron chi connectivity index (χ4n) is 1.53. The van der Waals surface area contributed by atoms with Crippen LogP contribution in [0, 0.1) is 6.92 Å². The maximum atomic E-state index is 11.4. The fraction of sp³-hybridized carbons (Fsp3) is 0.455. The minimum Gasteiger partial charge on any atom is -0.377 e. The molecule has 1 N–H and O–H groups in total. The van der Waals surface area contributed by atoms with Crippen molar-refractivity contribution in [2.45, 2.75) is 17.9 Å². The molecule has 1 heterocycles. The molecule has 2 rings (SSSR count). The summed E-state index contributed by atoms with van der Waals surface area (Å²) in [5.74, 6) is 0. The summed E-state index contributed by atoms with van der Waals surface area (Å²) >= 11 is 0. The smallest absolute Gasteiger partial charge is 0.175 e.